The minimum atomic E-state index is -0.113. The summed E-state index contributed by atoms with van der Waals surface area (Å²) in [5.41, 5.74) is 0.733. The van der Waals surface area contributed by atoms with Gasteiger partial charge in [-0.3, -0.25) is 9.59 Å². The van der Waals surface area contributed by atoms with Gasteiger partial charge in [0.2, 0.25) is 5.91 Å². The highest BCUT2D eigenvalue weighted by Gasteiger charge is 2.33. The minimum Gasteiger partial charge on any atom is -0.354 e. The Morgan fingerprint density at radius 3 is 2.46 bits per heavy atom. The van der Waals surface area contributed by atoms with E-state index in [9.17, 15) is 9.59 Å². The molecule has 0 aliphatic heterocycles. The molecule has 134 valence electrons. The maximum Gasteiger partial charge on any atom is 0.252 e. The van der Waals surface area contributed by atoms with Crippen LogP contribution in [0.4, 0.5) is 0 Å². The molecule has 24 heavy (non-hydrogen) atoms. The van der Waals surface area contributed by atoms with Gasteiger partial charge in [0.15, 0.2) is 0 Å². The zero-order valence-electron chi connectivity index (χ0n) is 14.8. The van der Waals surface area contributed by atoms with E-state index in [0.717, 1.165) is 12.8 Å². The number of amides is 2. The molecule has 2 N–H and O–H groups in total. The Kier molecular flexibility index (Phi) is 7.24. The fourth-order valence-electron chi connectivity index (χ4n) is 3.31. The van der Waals surface area contributed by atoms with Crippen LogP contribution < -0.4 is 10.6 Å². The number of thiophene rings is 1. The molecule has 0 bridgehead atoms. The molecule has 2 amide bonds. The smallest absolute Gasteiger partial charge is 0.252 e. The second kappa shape index (κ2) is 9.18. The van der Waals surface area contributed by atoms with Gasteiger partial charge < -0.3 is 15.5 Å². The zero-order valence-corrected chi connectivity index (χ0v) is 15.6. The molecule has 2 rings (SSSR count). The molecule has 1 heterocycles. The van der Waals surface area contributed by atoms with Crippen molar-refractivity contribution in [2.45, 2.75) is 50.5 Å². The van der Waals surface area contributed by atoms with E-state index in [1.807, 2.05) is 10.8 Å². The number of hydrogen-bond acceptors (Lipinski definition) is 4. The largest absolute Gasteiger partial charge is 0.354 e. The Labute approximate surface area is 148 Å². The maximum absolute atomic E-state index is 12.1. The second-order valence-electron chi connectivity index (χ2n) is 6.83. The van der Waals surface area contributed by atoms with Crippen molar-refractivity contribution in [1.82, 2.24) is 15.5 Å². The lowest BCUT2D eigenvalue weighted by Gasteiger charge is -2.39. The van der Waals surface area contributed by atoms with Crippen LogP contribution in [0.2, 0.25) is 0 Å². The summed E-state index contributed by atoms with van der Waals surface area (Å²) >= 11 is 1.49. The zero-order chi connectivity index (χ0) is 17.4. The van der Waals surface area contributed by atoms with Crippen molar-refractivity contribution in [3.8, 4) is 0 Å². The number of hydrogen-bond donors (Lipinski definition) is 2. The van der Waals surface area contributed by atoms with Gasteiger partial charge in [0, 0.05) is 36.0 Å². The van der Waals surface area contributed by atoms with Crippen LogP contribution in [0, 0.1) is 0 Å². The van der Waals surface area contributed by atoms with E-state index in [1.54, 1.807) is 6.07 Å². The molecule has 1 aliphatic rings. The van der Waals surface area contributed by atoms with Crippen LogP contribution in [0.25, 0.3) is 0 Å². The summed E-state index contributed by atoms with van der Waals surface area (Å²) in [6.45, 7) is 1.06. The summed E-state index contributed by atoms with van der Waals surface area (Å²) in [4.78, 5) is 26.2. The van der Waals surface area contributed by atoms with Crippen LogP contribution in [0.3, 0.4) is 0 Å². The number of nitrogens with zero attached hydrogens (tertiary/aromatic N) is 1. The number of rotatable bonds is 7. The first-order valence-corrected chi connectivity index (χ1v) is 9.72. The van der Waals surface area contributed by atoms with Gasteiger partial charge in [0.1, 0.15) is 0 Å². The van der Waals surface area contributed by atoms with E-state index in [0.29, 0.717) is 25.1 Å². The summed E-state index contributed by atoms with van der Waals surface area (Å²) in [6, 6.07) is 1.78. The Morgan fingerprint density at radius 1 is 1.17 bits per heavy atom. The van der Waals surface area contributed by atoms with E-state index < -0.39 is 0 Å². The van der Waals surface area contributed by atoms with Crippen molar-refractivity contribution >= 4 is 23.2 Å². The van der Waals surface area contributed by atoms with Crippen molar-refractivity contribution in [2.24, 2.45) is 0 Å². The number of carbonyl (C=O) groups excluding carboxylic acids is 2. The van der Waals surface area contributed by atoms with Crippen LogP contribution in [0.5, 0.6) is 0 Å². The van der Waals surface area contributed by atoms with Crippen LogP contribution >= 0.6 is 11.3 Å². The summed E-state index contributed by atoms with van der Waals surface area (Å²) in [6.07, 6.45) is 7.62. The molecular weight excluding hydrogens is 322 g/mol. The SMILES string of the molecule is CN(C)C1(CNC(=O)CCNC(=O)c2ccsc2)CCCCCC1. The summed E-state index contributed by atoms with van der Waals surface area (Å²) in [7, 11) is 4.22. The molecule has 0 aromatic carbocycles. The third-order valence-corrected chi connectivity index (χ3v) is 5.70. The normalized spacial score (nSPS) is 17.3. The fourth-order valence-corrected chi connectivity index (χ4v) is 3.94. The maximum atomic E-state index is 12.1. The van der Waals surface area contributed by atoms with Gasteiger partial charge in [-0.2, -0.15) is 11.3 Å². The molecule has 0 saturated heterocycles. The molecule has 0 atom stereocenters. The predicted octanol–water partition coefficient (Wildman–Crippen LogP) is 2.64. The molecule has 0 radical (unpaired) electrons. The van der Waals surface area contributed by atoms with E-state index in [4.69, 9.17) is 0 Å². The van der Waals surface area contributed by atoms with E-state index in [2.05, 4.69) is 29.6 Å². The van der Waals surface area contributed by atoms with Gasteiger partial charge in [-0.15, -0.1) is 0 Å². The Morgan fingerprint density at radius 2 is 1.88 bits per heavy atom. The quantitative estimate of drug-likeness (QED) is 0.743. The summed E-state index contributed by atoms with van der Waals surface area (Å²) < 4.78 is 0. The van der Waals surface area contributed by atoms with E-state index >= 15 is 0 Å². The topological polar surface area (TPSA) is 61.4 Å². The van der Waals surface area contributed by atoms with E-state index in [1.165, 1.54) is 37.0 Å². The lowest BCUT2D eigenvalue weighted by atomic mass is 9.88. The Hall–Kier alpha value is -1.40. The molecule has 1 aliphatic carbocycles. The molecule has 1 aromatic rings. The average molecular weight is 352 g/mol. The molecule has 0 spiro atoms. The number of nitrogens with one attached hydrogen (secondary N) is 2. The standard InChI is InChI=1S/C18H29N3O2S/c1-21(2)18(9-5-3-4-6-10-18)14-20-16(22)7-11-19-17(23)15-8-12-24-13-15/h8,12-13H,3-7,9-11,14H2,1-2H3,(H,19,23)(H,20,22). The van der Waals surface area contributed by atoms with Crippen LogP contribution in [0.1, 0.15) is 55.3 Å². The summed E-state index contributed by atoms with van der Waals surface area (Å²) in [5, 5.41) is 9.55. The van der Waals surface area contributed by atoms with Crippen molar-refractivity contribution < 1.29 is 9.59 Å². The lowest BCUT2D eigenvalue weighted by Crippen LogP contribution is -2.52. The average Bonchev–Trinajstić information content (AvgIpc) is 2.98. The molecule has 0 unspecified atom stereocenters. The molecule has 1 fully saturated rings. The Balaban J connectivity index is 1.74. The first kappa shape index (κ1) is 18.9. The van der Waals surface area contributed by atoms with Crippen LogP contribution in [-0.2, 0) is 4.79 Å². The predicted molar refractivity (Wildman–Crippen MR) is 98.4 cm³/mol. The lowest BCUT2D eigenvalue weighted by molar-refractivity contribution is -0.121. The first-order valence-electron chi connectivity index (χ1n) is 8.78. The fraction of sp³-hybridized carbons (Fsp3) is 0.667. The Bertz CT molecular complexity index is 520. The van der Waals surface area contributed by atoms with E-state index in [-0.39, 0.29) is 17.4 Å². The van der Waals surface area contributed by atoms with Gasteiger partial charge in [0.25, 0.3) is 5.91 Å². The van der Waals surface area contributed by atoms with Crippen molar-refractivity contribution in [3.63, 3.8) is 0 Å². The second-order valence-corrected chi connectivity index (χ2v) is 7.61. The minimum absolute atomic E-state index is 0.00564. The highest BCUT2D eigenvalue weighted by molar-refractivity contribution is 7.08. The van der Waals surface area contributed by atoms with Gasteiger partial charge >= 0.3 is 0 Å². The van der Waals surface area contributed by atoms with Crippen LogP contribution in [0.15, 0.2) is 16.8 Å². The third kappa shape index (κ3) is 5.31. The number of likely N-dealkylation sites (N-methyl/N-ethyl adjacent to an activating group) is 1. The van der Waals surface area contributed by atoms with Gasteiger partial charge in [0.05, 0.1) is 0 Å². The van der Waals surface area contributed by atoms with Crippen LogP contribution in [-0.4, -0.2) is 49.4 Å². The number of carbonyl (C=O) groups is 2. The molecule has 6 heteroatoms. The molecule has 1 aromatic heterocycles. The van der Waals surface area contributed by atoms with Crippen molar-refractivity contribution in [3.05, 3.63) is 22.4 Å². The van der Waals surface area contributed by atoms with Crippen molar-refractivity contribution in [1.29, 1.82) is 0 Å². The molecule has 5 nitrogen and oxygen atoms in total. The van der Waals surface area contributed by atoms with Crippen molar-refractivity contribution in [2.75, 3.05) is 27.2 Å². The van der Waals surface area contributed by atoms with Gasteiger partial charge in [-0.25, -0.2) is 0 Å². The first-order chi connectivity index (χ1) is 11.5. The summed E-state index contributed by atoms with van der Waals surface area (Å²) in [5.74, 6) is -0.108. The van der Waals surface area contributed by atoms with Gasteiger partial charge in [-0.1, -0.05) is 25.7 Å². The molecule has 1 saturated carbocycles. The van der Waals surface area contributed by atoms with Gasteiger partial charge in [-0.05, 0) is 38.4 Å². The highest BCUT2D eigenvalue weighted by atomic mass is 32.1. The monoisotopic (exact) mass is 351 g/mol. The third-order valence-electron chi connectivity index (χ3n) is 5.02. The highest BCUT2D eigenvalue weighted by Crippen LogP contribution is 2.30. The molecular formula is C18H29N3O2S.